The second-order valence-corrected chi connectivity index (χ2v) is 5.77. The van der Waals surface area contributed by atoms with Crippen LogP contribution in [0.3, 0.4) is 0 Å². The number of hydrogen-bond acceptors (Lipinski definition) is 2. The third-order valence-corrected chi connectivity index (χ3v) is 3.97. The van der Waals surface area contributed by atoms with Crippen molar-refractivity contribution in [1.82, 2.24) is 10.6 Å². The van der Waals surface area contributed by atoms with Crippen molar-refractivity contribution in [2.24, 2.45) is 0 Å². The Bertz CT molecular complexity index is 513. The number of benzene rings is 1. The summed E-state index contributed by atoms with van der Waals surface area (Å²) in [6.45, 7) is 0.330. The van der Waals surface area contributed by atoms with Crippen LogP contribution in [0.1, 0.15) is 44.1 Å². The summed E-state index contributed by atoms with van der Waals surface area (Å²) in [7, 11) is 0. The fraction of sp³-hybridized carbons (Fsp3) is 0.529. The van der Waals surface area contributed by atoms with E-state index >= 15 is 0 Å². The summed E-state index contributed by atoms with van der Waals surface area (Å²) >= 11 is 0. The Labute approximate surface area is 130 Å². The lowest BCUT2D eigenvalue weighted by molar-refractivity contribution is -0.129. The van der Waals surface area contributed by atoms with E-state index in [9.17, 15) is 14.0 Å². The van der Waals surface area contributed by atoms with Gasteiger partial charge in [-0.05, 0) is 30.9 Å². The summed E-state index contributed by atoms with van der Waals surface area (Å²) in [5.74, 6) is -0.813. The van der Waals surface area contributed by atoms with Crippen LogP contribution in [0.5, 0.6) is 0 Å². The lowest BCUT2D eigenvalue weighted by Gasteiger charge is -2.22. The SMILES string of the molecule is O=C(CC(=O)NC1CCCCC1)NCCc1ccccc1F. The zero-order chi connectivity index (χ0) is 15.8. The molecule has 1 fully saturated rings. The highest BCUT2D eigenvalue weighted by atomic mass is 19.1. The second kappa shape index (κ2) is 8.51. The molecular weight excluding hydrogens is 283 g/mol. The number of hydrogen-bond donors (Lipinski definition) is 2. The molecule has 1 aromatic carbocycles. The van der Waals surface area contributed by atoms with Crippen LogP contribution in [-0.2, 0) is 16.0 Å². The quantitative estimate of drug-likeness (QED) is 0.793. The minimum atomic E-state index is -0.315. The first kappa shape index (κ1) is 16.5. The highest BCUT2D eigenvalue weighted by molar-refractivity contribution is 5.96. The van der Waals surface area contributed by atoms with Crippen LogP contribution >= 0.6 is 0 Å². The number of halogens is 1. The molecule has 1 saturated carbocycles. The van der Waals surface area contributed by atoms with Gasteiger partial charge in [-0.15, -0.1) is 0 Å². The predicted molar refractivity (Wildman–Crippen MR) is 82.7 cm³/mol. The maximum Gasteiger partial charge on any atom is 0.229 e. The Balaban J connectivity index is 1.65. The summed E-state index contributed by atoms with van der Waals surface area (Å²) in [6, 6.07) is 6.70. The standard InChI is InChI=1S/C17H23FN2O2/c18-15-9-5-4-6-13(15)10-11-19-16(21)12-17(22)20-14-7-2-1-3-8-14/h4-6,9,14H,1-3,7-8,10-12H2,(H,19,21)(H,20,22). The van der Waals surface area contributed by atoms with Crippen molar-refractivity contribution in [3.8, 4) is 0 Å². The number of carbonyl (C=O) groups is 2. The van der Waals surface area contributed by atoms with Gasteiger partial charge in [0.2, 0.25) is 11.8 Å². The molecule has 0 saturated heterocycles. The fourth-order valence-electron chi connectivity index (χ4n) is 2.77. The van der Waals surface area contributed by atoms with Crippen LogP contribution < -0.4 is 10.6 Å². The van der Waals surface area contributed by atoms with Crippen molar-refractivity contribution in [3.63, 3.8) is 0 Å². The average molecular weight is 306 g/mol. The summed E-state index contributed by atoms with van der Waals surface area (Å²) < 4.78 is 13.4. The van der Waals surface area contributed by atoms with Crippen LogP contribution in [0.2, 0.25) is 0 Å². The maximum absolute atomic E-state index is 13.4. The molecule has 2 amide bonds. The van der Waals surface area contributed by atoms with Gasteiger partial charge in [0.1, 0.15) is 12.2 Å². The van der Waals surface area contributed by atoms with Crippen molar-refractivity contribution in [1.29, 1.82) is 0 Å². The molecule has 0 spiro atoms. The molecule has 22 heavy (non-hydrogen) atoms. The Kier molecular flexibility index (Phi) is 6.37. The Hall–Kier alpha value is -1.91. The highest BCUT2D eigenvalue weighted by Gasteiger charge is 2.17. The van der Waals surface area contributed by atoms with Gasteiger partial charge in [0.15, 0.2) is 0 Å². The van der Waals surface area contributed by atoms with Crippen molar-refractivity contribution >= 4 is 11.8 Å². The molecule has 120 valence electrons. The summed E-state index contributed by atoms with van der Waals surface area (Å²) in [5, 5.41) is 5.57. The third-order valence-electron chi connectivity index (χ3n) is 3.97. The van der Waals surface area contributed by atoms with E-state index in [0.29, 0.717) is 18.5 Å². The van der Waals surface area contributed by atoms with Gasteiger partial charge in [0.05, 0.1) is 0 Å². The highest BCUT2D eigenvalue weighted by Crippen LogP contribution is 2.17. The van der Waals surface area contributed by atoms with Crippen LogP contribution in [0.15, 0.2) is 24.3 Å². The molecule has 1 aromatic rings. The Morgan fingerprint density at radius 3 is 2.55 bits per heavy atom. The number of rotatable bonds is 6. The van der Waals surface area contributed by atoms with Gasteiger partial charge >= 0.3 is 0 Å². The van der Waals surface area contributed by atoms with E-state index in [4.69, 9.17) is 0 Å². The molecule has 4 nitrogen and oxygen atoms in total. The van der Waals surface area contributed by atoms with E-state index in [2.05, 4.69) is 10.6 Å². The van der Waals surface area contributed by atoms with Crippen LogP contribution in [0, 0.1) is 5.82 Å². The summed E-state index contributed by atoms with van der Waals surface area (Å²) in [4.78, 5) is 23.5. The largest absolute Gasteiger partial charge is 0.355 e. The average Bonchev–Trinajstić information content (AvgIpc) is 2.50. The molecule has 0 atom stereocenters. The van der Waals surface area contributed by atoms with Gasteiger partial charge in [0, 0.05) is 12.6 Å². The van der Waals surface area contributed by atoms with Crippen LogP contribution in [0.4, 0.5) is 4.39 Å². The van der Waals surface area contributed by atoms with Crippen molar-refractivity contribution < 1.29 is 14.0 Å². The molecule has 0 aromatic heterocycles. The molecule has 2 N–H and O–H groups in total. The number of carbonyl (C=O) groups excluding carboxylic acids is 2. The minimum Gasteiger partial charge on any atom is -0.355 e. The first-order chi connectivity index (χ1) is 10.6. The van der Waals surface area contributed by atoms with Crippen LogP contribution in [-0.4, -0.2) is 24.4 Å². The maximum atomic E-state index is 13.4. The first-order valence-corrected chi connectivity index (χ1v) is 7.94. The molecule has 1 aliphatic rings. The van der Waals surface area contributed by atoms with Crippen molar-refractivity contribution in [3.05, 3.63) is 35.6 Å². The monoisotopic (exact) mass is 306 g/mol. The third kappa shape index (κ3) is 5.47. The zero-order valence-corrected chi connectivity index (χ0v) is 12.7. The molecule has 0 aliphatic heterocycles. The van der Waals surface area contributed by atoms with Gasteiger partial charge in [-0.1, -0.05) is 37.5 Å². The lowest BCUT2D eigenvalue weighted by Crippen LogP contribution is -2.39. The molecule has 1 aliphatic carbocycles. The molecule has 0 unspecified atom stereocenters. The van der Waals surface area contributed by atoms with Gasteiger partial charge in [-0.3, -0.25) is 9.59 Å². The molecular formula is C17H23FN2O2. The van der Waals surface area contributed by atoms with E-state index in [-0.39, 0.29) is 30.1 Å². The van der Waals surface area contributed by atoms with E-state index in [0.717, 1.165) is 25.7 Å². The van der Waals surface area contributed by atoms with E-state index in [1.165, 1.54) is 12.5 Å². The van der Waals surface area contributed by atoms with E-state index in [1.807, 2.05) is 0 Å². The van der Waals surface area contributed by atoms with E-state index < -0.39 is 0 Å². The normalized spacial score (nSPS) is 15.3. The van der Waals surface area contributed by atoms with Gasteiger partial charge in [0.25, 0.3) is 0 Å². The fourth-order valence-corrected chi connectivity index (χ4v) is 2.77. The predicted octanol–water partition coefficient (Wildman–Crippen LogP) is 2.32. The van der Waals surface area contributed by atoms with Gasteiger partial charge < -0.3 is 10.6 Å². The van der Waals surface area contributed by atoms with Gasteiger partial charge in [-0.25, -0.2) is 4.39 Å². The second-order valence-electron chi connectivity index (χ2n) is 5.77. The molecule has 0 radical (unpaired) electrons. The van der Waals surface area contributed by atoms with Crippen molar-refractivity contribution in [2.45, 2.75) is 51.0 Å². The zero-order valence-electron chi connectivity index (χ0n) is 12.7. The number of nitrogens with one attached hydrogen (secondary N) is 2. The first-order valence-electron chi connectivity index (χ1n) is 7.94. The Morgan fingerprint density at radius 2 is 1.82 bits per heavy atom. The molecule has 0 bridgehead atoms. The van der Waals surface area contributed by atoms with Gasteiger partial charge in [-0.2, -0.15) is 0 Å². The Morgan fingerprint density at radius 1 is 1.09 bits per heavy atom. The summed E-state index contributed by atoms with van der Waals surface area (Å²) in [5.41, 5.74) is 0.564. The van der Waals surface area contributed by atoms with E-state index in [1.54, 1.807) is 18.2 Å². The number of amides is 2. The smallest absolute Gasteiger partial charge is 0.229 e. The molecule has 5 heteroatoms. The minimum absolute atomic E-state index is 0.159. The topological polar surface area (TPSA) is 58.2 Å². The molecule has 0 heterocycles. The summed E-state index contributed by atoms with van der Waals surface area (Å²) in [6.07, 6.45) is 5.76. The van der Waals surface area contributed by atoms with Crippen LogP contribution in [0.25, 0.3) is 0 Å². The van der Waals surface area contributed by atoms with Crippen molar-refractivity contribution in [2.75, 3.05) is 6.54 Å². The molecule has 2 rings (SSSR count). The lowest BCUT2D eigenvalue weighted by atomic mass is 9.95.